The summed E-state index contributed by atoms with van der Waals surface area (Å²) in [4.78, 5) is 16.6. The lowest BCUT2D eigenvalue weighted by molar-refractivity contribution is 0.0948. The molecule has 1 aromatic heterocycles. The van der Waals surface area contributed by atoms with Gasteiger partial charge in [0.25, 0.3) is 5.91 Å². The molecule has 0 aliphatic carbocycles. The van der Waals surface area contributed by atoms with Crippen LogP contribution in [0.4, 0.5) is 5.82 Å². The minimum absolute atomic E-state index is 0.0775. The molecule has 118 valence electrons. The Morgan fingerprint density at radius 1 is 1.38 bits per heavy atom. The van der Waals surface area contributed by atoms with Crippen molar-refractivity contribution in [2.24, 2.45) is 0 Å². The third kappa shape index (κ3) is 4.63. The Labute approximate surface area is 132 Å². The topological polar surface area (TPSA) is 68.0 Å². The number of carbonyl (C=O) groups excluding carboxylic acids is 1. The zero-order valence-corrected chi connectivity index (χ0v) is 14.5. The van der Waals surface area contributed by atoms with E-state index in [2.05, 4.69) is 30.4 Å². The summed E-state index contributed by atoms with van der Waals surface area (Å²) in [5, 5.41) is 3.04. The summed E-state index contributed by atoms with van der Waals surface area (Å²) in [5.74, 6) is 0.566. The fraction of sp³-hybridized carbons (Fsp3) is 0.625. The number of nitrogen functional groups attached to an aromatic ring is 1. The lowest BCUT2D eigenvalue weighted by Crippen LogP contribution is -2.39. The van der Waals surface area contributed by atoms with E-state index in [1.165, 1.54) is 0 Å². The van der Waals surface area contributed by atoms with E-state index in [0.29, 0.717) is 17.9 Å². The van der Waals surface area contributed by atoms with Crippen molar-refractivity contribution >= 4 is 23.5 Å². The number of aromatic nitrogens is 1. The van der Waals surface area contributed by atoms with E-state index in [1.807, 2.05) is 31.7 Å². The summed E-state index contributed by atoms with van der Waals surface area (Å²) < 4.78 is 0.106. The van der Waals surface area contributed by atoms with E-state index in [1.54, 1.807) is 6.07 Å². The van der Waals surface area contributed by atoms with E-state index in [4.69, 9.17) is 5.73 Å². The number of nitrogens with zero attached hydrogens (tertiary/aromatic N) is 1. The van der Waals surface area contributed by atoms with Crippen LogP contribution in [-0.2, 0) is 0 Å². The molecule has 0 bridgehead atoms. The number of pyridine rings is 1. The van der Waals surface area contributed by atoms with Gasteiger partial charge < -0.3 is 11.1 Å². The van der Waals surface area contributed by atoms with Crippen LogP contribution in [0.3, 0.4) is 0 Å². The van der Waals surface area contributed by atoms with Crippen LogP contribution in [-0.4, -0.2) is 28.4 Å². The maximum absolute atomic E-state index is 12.4. The molecule has 0 aromatic carbocycles. The number of thioether (sulfide) groups is 1. The van der Waals surface area contributed by atoms with Gasteiger partial charge in [0.2, 0.25) is 0 Å². The fourth-order valence-corrected chi connectivity index (χ4v) is 3.00. The number of nitrogens with one attached hydrogen (secondary N) is 1. The van der Waals surface area contributed by atoms with Gasteiger partial charge in [-0.05, 0) is 37.1 Å². The van der Waals surface area contributed by atoms with Crippen molar-refractivity contribution in [2.75, 3.05) is 18.5 Å². The van der Waals surface area contributed by atoms with Crippen LogP contribution in [0.2, 0.25) is 0 Å². The first kappa shape index (κ1) is 17.8. The summed E-state index contributed by atoms with van der Waals surface area (Å²) in [6, 6.07) is 3.47. The van der Waals surface area contributed by atoms with Gasteiger partial charge in [-0.2, -0.15) is 11.8 Å². The second-order valence-corrected chi connectivity index (χ2v) is 6.91. The van der Waals surface area contributed by atoms with E-state index in [9.17, 15) is 4.79 Å². The smallest absolute Gasteiger partial charge is 0.251 e. The van der Waals surface area contributed by atoms with Crippen molar-refractivity contribution in [3.63, 3.8) is 0 Å². The van der Waals surface area contributed by atoms with Gasteiger partial charge in [0, 0.05) is 22.5 Å². The van der Waals surface area contributed by atoms with Gasteiger partial charge in [-0.15, -0.1) is 0 Å². The Morgan fingerprint density at radius 3 is 2.48 bits per heavy atom. The second kappa shape index (κ2) is 7.69. The highest BCUT2D eigenvalue weighted by Gasteiger charge is 2.25. The fourth-order valence-electron chi connectivity index (χ4n) is 2.21. The Morgan fingerprint density at radius 2 is 2.00 bits per heavy atom. The Kier molecular flexibility index (Phi) is 6.52. The maximum atomic E-state index is 12.4. The van der Waals surface area contributed by atoms with Crippen molar-refractivity contribution in [1.82, 2.24) is 10.3 Å². The number of hydrogen-bond donors (Lipinski definition) is 2. The van der Waals surface area contributed by atoms with Gasteiger partial charge in [-0.3, -0.25) is 4.79 Å². The molecule has 0 spiro atoms. The molecule has 0 unspecified atom stereocenters. The van der Waals surface area contributed by atoms with Crippen molar-refractivity contribution in [3.05, 3.63) is 23.4 Å². The van der Waals surface area contributed by atoms with Crippen LogP contribution < -0.4 is 11.1 Å². The summed E-state index contributed by atoms with van der Waals surface area (Å²) in [6.07, 6.45) is 4.15. The molecule has 4 nitrogen and oxygen atoms in total. The largest absolute Gasteiger partial charge is 0.384 e. The monoisotopic (exact) mass is 309 g/mol. The van der Waals surface area contributed by atoms with Crippen LogP contribution >= 0.6 is 11.8 Å². The predicted octanol–water partition coefficient (Wildman–Crippen LogP) is 3.44. The maximum Gasteiger partial charge on any atom is 0.251 e. The van der Waals surface area contributed by atoms with Crippen LogP contribution in [0.15, 0.2) is 12.1 Å². The van der Waals surface area contributed by atoms with E-state index in [-0.39, 0.29) is 16.6 Å². The molecule has 1 rings (SSSR count). The minimum Gasteiger partial charge on any atom is -0.384 e. The molecule has 21 heavy (non-hydrogen) atoms. The van der Waals surface area contributed by atoms with Gasteiger partial charge in [-0.1, -0.05) is 27.7 Å². The summed E-state index contributed by atoms with van der Waals surface area (Å²) in [7, 11) is 0. The quantitative estimate of drug-likeness (QED) is 0.809. The molecule has 0 aliphatic rings. The molecule has 1 amide bonds. The average Bonchev–Trinajstić information content (AvgIpc) is 2.48. The molecule has 0 saturated carbocycles. The first-order valence-corrected chi connectivity index (χ1v) is 8.70. The molecule has 0 fully saturated rings. The third-order valence-electron chi connectivity index (χ3n) is 4.01. The third-order valence-corrected chi connectivity index (χ3v) is 5.60. The van der Waals surface area contributed by atoms with Crippen molar-refractivity contribution < 1.29 is 4.79 Å². The molecule has 0 aliphatic heterocycles. The number of hydrogen-bond acceptors (Lipinski definition) is 4. The second-order valence-electron chi connectivity index (χ2n) is 5.64. The summed E-state index contributed by atoms with van der Waals surface area (Å²) >= 11 is 1.81. The average molecular weight is 309 g/mol. The molecule has 0 radical (unpaired) electrons. The van der Waals surface area contributed by atoms with E-state index >= 15 is 0 Å². The van der Waals surface area contributed by atoms with Crippen LogP contribution in [0.1, 0.15) is 62.5 Å². The molecule has 1 aromatic rings. The number of rotatable bonds is 7. The molecule has 5 heteroatoms. The van der Waals surface area contributed by atoms with Crippen LogP contribution in [0.5, 0.6) is 0 Å². The van der Waals surface area contributed by atoms with Crippen molar-refractivity contribution in [3.8, 4) is 0 Å². The van der Waals surface area contributed by atoms with Crippen molar-refractivity contribution in [2.45, 2.75) is 51.2 Å². The number of amides is 1. The van der Waals surface area contributed by atoms with Gasteiger partial charge in [-0.25, -0.2) is 4.98 Å². The van der Waals surface area contributed by atoms with Gasteiger partial charge in [0.1, 0.15) is 5.82 Å². The lowest BCUT2D eigenvalue weighted by atomic mass is 10.0. The Hall–Kier alpha value is -1.23. The van der Waals surface area contributed by atoms with Crippen molar-refractivity contribution in [1.29, 1.82) is 0 Å². The summed E-state index contributed by atoms with van der Waals surface area (Å²) in [6.45, 7) is 9.06. The van der Waals surface area contributed by atoms with E-state index in [0.717, 1.165) is 18.5 Å². The lowest BCUT2D eigenvalue weighted by Gasteiger charge is -2.29. The van der Waals surface area contributed by atoms with E-state index < -0.39 is 0 Å². The normalized spacial score (nSPS) is 11.7. The molecule has 0 atom stereocenters. The number of nitrogens with two attached hydrogens (primary N) is 1. The minimum atomic E-state index is -0.0775. The van der Waals surface area contributed by atoms with Crippen LogP contribution in [0.25, 0.3) is 0 Å². The first-order chi connectivity index (χ1) is 9.87. The zero-order valence-electron chi connectivity index (χ0n) is 13.7. The van der Waals surface area contributed by atoms with Gasteiger partial charge in [0.15, 0.2) is 0 Å². The number of carbonyl (C=O) groups is 1. The Bertz CT molecular complexity index is 476. The van der Waals surface area contributed by atoms with Gasteiger partial charge >= 0.3 is 0 Å². The Balaban J connectivity index is 2.85. The SMILES string of the molecule is CCC(CC)(CNC(=O)c1cc(N)nc(C(C)C)c1)SC. The molecular formula is C16H27N3OS. The molecular weight excluding hydrogens is 282 g/mol. The van der Waals surface area contributed by atoms with Crippen LogP contribution in [0, 0.1) is 0 Å². The molecule has 3 N–H and O–H groups in total. The number of anilines is 1. The highest BCUT2D eigenvalue weighted by Crippen LogP contribution is 2.29. The zero-order chi connectivity index (χ0) is 16.0. The standard InChI is InChI=1S/C16H27N3OS/c1-6-16(7-2,21-5)10-18-15(20)12-8-13(11(3)4)19-14(17)9-12/h8-9,11H,6-7,10H2,1-5H3,(H2,17,19)(H,18,20). The van der Waals surface area contributed by atoms with Gasteiger partial charge in [0.05, 0.1) is 0 Å². The molecule has 1 heterocycles. The summed E-state index contributed by atoms with van der Waals surface area (Å²) in [5.41, 5.74) is 7.24. The highest BCUT2D eigenvalue weighted by atomic mass is 32.2. The highest BCUT2D eigenvalue weighted by molar-refractivity contribution is 8.00. The molecule has 0 saturated heterocycles. The first-order valence-electron chi connectivity index (χ1n) is 7.48. The predicted molar refractivity (Wildman–Crippen MR) is 91.9 cm³/mol.